The number of benzene rings is 1. The van der Waals surface area contributed by atoms with E-state index in [1.165, 1.54) is 6.08 Å². The molecule has 0 amide bonds. The smallest absolute Gasteiger partial charge is 0.430 e. The van der Waals surface area contributed by atoms with E-state index in [9.17, 15) is 4.79 Å². The molecule has 68 valence electrons. The lowest BCUT2D eigenvalue weighted by Gasteiger charge is -1.89. The van der Waals surface area contributed by atoms with Crippen LogP contribution >= 0.6 is 0 Å². The fourth-order valence-corrected chi connectivity index (χ4v) is 0.707. The Bertz CT molecular complexity index is 259. The average Bonchev–Trinajstić information content (AvgIpc) is 2.18. The third-order valence-electron chi connectivity index (χ3n) is 1.17. The first-order chi connectivity index (χ1) is 6.35. The molecule has 0 aromatic heterocycles. The van der Waals surface area contributed by atoms with Crippen LogP contribution in [0.3, 0.4) is 0 Å². The summed E-state index contributed by atoms with van der Waals surface area (Å²) in [4.78, 5) is 13.1. The predicted molar refractivity (Wildman–Crippen MR) is 49.9 cm³/mol. The van der Waals surface area contributed by atoms with Crippen LogP contribution in [-0.4, -0.2) is 23.8 Å². The molecule has 0 saturated heterocycles. The van der Waals surface area contributed by atoms with Crippen molar-refractivity contribution in [1.29, 1.82) is 0 Å². The fraction of sp³-hybridized carbons (Fsp3) is 0.125. The summed E-state index contributed by atoms with van der Waals surface area (Å²) < 4.78 is 0. The first kappa shape index (κ1) is 11.6. The summed E-state index contributed by atoms with van der Waals surface area (Å²) >= 11 is 0. The van der Waals surface area contributed by atoms with Crippen molar-refractivity contribution in [3.8, 4) is 0 Å². The van der Waals surface area contributed by atoms with Crippen molar-refractivity contribution in [2.45, 2.75) is 6.54 Å². The number of aliphatic imine (C=N–C) groups is 1. The van der Waals surface area contributed by atoms with Gasteiger partial charge in [0.2, 0.25) is 6.08 Å². The molecule has 1 aromatic rings. The van der Waals surface area contributed by atoms with Gasteiger partial charge in [-0.2, -0.15) is 0 Å². The van der Waals surface area contributed by atoms with Crippen LogP contribution in [0.15, 0.2) is 35.3 Å². The highest BCUT2D eigenvalue weighted by atomic mass is 16.4. The van der Waals surface area contributed by atoms with Gasteiger partial charge in [-0.05, 0) is 5.56 Å². The van der Waals surface area contributed by atoms with E-state index in [4.69, 9.17) is 10.0 Å². The third kappa shape index (κ3) is 6.96. The summed E-state index contributed by atoms with van der Waals surface area (Å²) in [5.74, 6) is 0. The van der Waals surface area contributed by atoms with Crippen LogP contribution in [0.5, 0.6) is 0 Å². The molecule has 4 nitrogen and oxygen atoms in total. The predicted octanol–water partition coefficient (Wildman–Crippen LogP) is -0.240. The van der Waals surface area contributed by atoms with Crippen molar-refractivity contribution >= 4 is 13.8 Å². The van der Waals surface area contributed by atoms with E-state index < -0.39 is 7.69 Å². The summed E-state index contributed by atoms with van der Waals surface area (Å²) in [5, 5.41) is 14.2. The Morgan fingerprint density at radius 2 is 1.85 bits per heavy atom. The lowest BCUT2D eigenvalue weighted by molar-refractivity contribution is 0.448. The van der Waals surface area contributed by atoms with Gasteiger partial charge in [0.15, 0.2) is 0 Å². The molecule has 0 fully saturated rings. The largest absolute Gasteiger partial charge is 0.432 e. The molecule has 0 atom stereocenters. The molecule has 0 radical (unpaired) electrons. The van der Waals surface area contributed by atoms with Crippen molar-refractivity contribution in [3.05, 3.63) is 35.9 Å². The molecule has 2 N–H and O–H groups in total. The van der Waals surface area contributed by atoms with Crippen LogP contribution in [-0.2, 0) is 11.3 Å². The van der Waals surface area contributed by atoms with Crippen LogP contribution in [0.4, 0.5) is 0 Å². The summed E-state index contributed by atoms with van der Waals surface area (Å²) in [5.41, 5.74) is 1.03. The Morgan fingerprint density at radius 3 is 2.31 bits per heavy atom. The number of nitrogens with zero attached hydrogens (tertiary/aromatic N) is 1. The SMILES string of the molecule is O=C=NCc1ccccc1.OBO. The fourth-order valence-electron chi connectivity index (χ4n) is 0.707. The molecule has 0 heterocycles. The second kappa shape index (κ2) is 8.68. The Balaban J connectivity index is 0.000000424. The van der Waals surface area contributed by atoms with Crippen LogP contribution in [0.2, 0.25) is 0 Å². The van der Waals surface area contributed by atoms with Gasteiger partial charge < -0.3 is 10.0 Å². The van der Waals surface area contributed by atoms with Gasteiger partial charge >= 0.3 is 7.69 Å². The van der Waals surface area contributed by atoms with Crippen LogP contribution < -0.4 is 0 Å². The number of rotatable bonds is 2. The zero-order chi connectivity index (χ0) is 9.94. The van der Waals surface area contributed by atoms with E-state index in [0.717, 1.165) is 5.56 Å². The molecule has 1 aromatic carbocycles. The minimum absolute atomic E-state index is 0.435. The molecule has 5 heteroatoms. The van der Waals surface area contributed by atoms with Gasteiger partial charge in [0.05, 0.1) is 6.54 Å². The number of carbonyl (C=O) groups excluding carboxylic acids is 1. The van der Waals surface area contributed by atoms with Gasteiger partial charge in [-0.25, -0.2) is 9.79 Å². The Morgan fingerprint density at radius 1 is 1.31 bits per heavy atom. The van der Waals surface area contributed by atoms with Gasteiger partial charge in [0.25, 0.3) is 0 Å². The molecule has 1 rings (SSSR count). The van der Waals surface area contributed by atoms with Crippen molar-refractivity contribution in [3.63, 3.8) is 0 Å². The lowest BCUT2D eigenvalue weighted by atomic mass is 10.2. The van der Waals surface area contributed by atoms with Gasteiger partial charge in [-0.15, -0.1) is 0 Å². The zero-order valence-electron chi connectivity index (χ0n) is 7.05. The molecule has 0 aliphatic rings. The maximum Gasteiger partial charge on any atom is 0.432 e. The second-order valence-corrected chi connectivity index (χ2v) is 2.03. The minimum Gasteiger partial charge on any atom is -0.430 e. The topological polar surface area (TPSA) is 69.9 Å². The van der Waals surface area contributed by atoms with Gasteiger partial charge in [-0.1, -0.05) is 30.3 Å². The Hall–Kier alpha value is -1.42. The second-order valence-electron chi connectivity index (χ2n) is 2.03. The van der Waals surface area contributed by atoms with Crippen molar-refractivity contribution in [1.82, 2.24) is 0 Å². The molecule has 0 aliphatic carbocycles. The highest BCUT2D eigenvalue weighted by Crippen LogP contribution is 1.98. The van der Waals surface area contributed by atoms with Crippen molar-refractivity contribution in [2.24, 2.45) is 4.99 Å². The molecule has 0 bridgehead atoms. The van der Waals surface area contributed by atoms with E-state index in [2.05, 4.69) is 4.99 Å². The highest BCUT2D eigenvalue weighted by molar-refractivity contribution is 6.13. The van der Waals surface area contributed by atoms with Gasteiger partial charge in [-0.3, -0.25) is 0 Å². The van der Waals surface area contributed by atoms with E-state index in [1.54, 1.807) is 0 Å². The van der Waals surface area contributed by atoms with Gasteiger partial charge in [0, 0.05) is 0 Å². The molecule has 13 heavy (non-hydrogen) atoms. The minimum atomic E-state index is -0.750. The van der Waals surface area contributed by atoms with E-state index in [0.29, 0.717) is 6.54 Å². The quantitative estimate of drug-likeness (QED) is 0.374. The molecular formula is C8H10BNO3. The van der Waals surface area contributed by atoms with E-state index in [1.807, 2.05) is 30.3 Å². The number of isocyanates is 1. The van der Waals surface area contributed by atoms with E-state index in [-0.39, 0.29) is 0 Å². The summed E-state index contributed by atoms with van der Waals surface area (Å²) in [6.07, 6.45) is 1.49. The normalized spacial score (nSPS) is 7.54. The summed E-state index contributed by atoms with van der Waals surface area (Å²) in [6, 6.07) is 9.58. The molecular weight excluding hydrogens is 169 g/mol. The molecule has 0 saturated carbocycles. The number of hydrogen-bond donors (Lipinski definition) is 2. The molecule has 0 unspecified atom stereocenters. The van der Waals surface area contributed by atoms with Crippen molar-refractivity contribution < 1.29 is 14.8 Å². The van der Waals surface area contributed by atoms with Crippen molar-refractivity contribution in [2.75, 3.05) is 0 Å². The first-order valence-electron chi connectivity index (χ1n) is 3.64. The Kier molecular flexibility index (Phi) is 7.73. The standard InChI is InChI=1S/C8H7NO.BH3O2/c10-7-9-6-8-4-2-1-3-5-8;2-1-3/h1-5H,6H2;1-3H. The summed E-state index contributed by atoms with van der Waals surface area (Å²) in [6.45, 7) is 0.435. The average molecular weight is 179 g/mol. The summed E-state index contributed by atoms with van der Waals surface area (Å²) in [7, 11) is -0.750. The molecule has 0 spiro atoms. The lowest BCUT2D eigenvalue weighted by Crippen LogP contribution is -1.77. The monoisotopic (exact) mass is 179 g/mol. The van der Waals surface area contributed by atoms with Crippen LogP contribution in [0, 0.1) is 0 Å². The Labute approximate surface area is 76.9 Å². The molecule has 0 aliphatic heterocycles. The van der Waals surface area contributed by atoms with Crippen LogP contribution in [0.1, 0.15) is 5.56 Å². The number of hydrogen-bond acceptors (Lipinski definition) is 4. The maximum absolute atomic E-state index is 9.69. The zero-order valence-corrected chi connectivity index (χ0v) is 7.05. The van der Waals surface area contributed by atoms with E-state index >= 15 is 0 Å². The maximum atomic E-state index is 9.69. The van der Waals surface area contributed by atoms with Crippen LogP contribution in [0.25, 0.3) is 0 Å². The van der Waals surface area contributed by atoms with Gasteiger partial charge in [0.1, 0.15) is 0 Å². The third-order valence-corrected chi connectivity index (χ3v) is 1.17. The highest BCUT2D eigenvalue weighted by Gasteiger charge is 1.84. The first-order valence-corrected chi connectivity index (χ1v) is 3.64.